The van der Waals surface area contributed by atoms with E-state index in [2.05, 4.69) is 15.5 Å². The van der Waals surface area contributed by atoms with E-state index in [1.165, 1.54) is 6.92 Å². The zero-order chi connectivity index (χ0) is 12.3. The van der Waals surface area contributed by atoms with Gasteiger partial charge >= 0.3 is 0 Å². The van der Waals surface area contributed by atoms with Crippen molar-refractivity contribution < 1.29 is 4.79 Å². The average Bonchev–Trinajstić information content (AvgIpc) is 2.67. The van der Waals surface area contributed by atoms with Gasteiger partial charge in [0.2, 0.25) is 5.91 Å². The first kappa shape index (κ1) is 16.1. The van der Waals surface area contributed by atoms with Gasteiger partial charge in [-0.2, -0.15) is 5.10 Å². The van der Waals surface area contributed by atoms with E-state index in [1.54, 1.807) is 0 Å². The van der Waals surface area contributed by atoms with Crippen LogP contribution in [0.3, 0.4) is 0 Å². The molecule has 1 heterocycles. The Morgan fingerprint density at radius 2 is 1.93 bits per heavy atom. The van der Waals surface area contributed by atoms with Crippen molar-refractivity contribution in [2.24, 2.45) is 0 Å². The standard InChI is InChI=1S/C7H11N3O.2C2H6/c1-5-3-7(10-9-5)4-8-6(2)11;2*1-2/h3H,4H2,1-2H3,(H,8,11)(H,9,10);2*1-2H3. The Morgan fingerprint density at radius 1 is 1.40 bits per heavy atom. The van der Waals surface area contributed by atoms with Crippen molar-refractivity contribution in [1.82, 2.24) is 15.5 Å². The third-order valence-electron chi connectivity index (χ3n) is 1.28. The molecular weight excluding hydrogens is 190 g/mol. The Hall–Kier alpha value is -1.32. The Kier molecular flexibility index (Phi) is 11.6. The molecule has 0 aromatic carbocycles. The first-order valence-corrected chi connectivity index (χ1v) is 5.44. The minimum Gasteiger partial charge on any atom is -0.351 e. The number of rotatable bonds is 2. The summed E-state index contributed by atoms with van der Waals surface area (Å²) in [6, 6.07) is 1.90. The highest BCUT2D eigenvalue weighted by Crippen LogP contribution is 1.95. The van der Waals surface area contributed by atoms with Crippen LogP contribution < -0.4 is 5.32 Å². The monoisotopic (exact) mass is 213 g/mol. The number of nitrogens with one attached hydrogen (secondary N) is 2. The zero-order valence-corrected chi connectivity index (χ0v) is 10.6. The van der Waals surface area contributed by atoms with Crippen molar-refractivity contribution in [3.8, 4) is 0 Å². The molecule has 4 heteroatoms. The van der Waals surface area contributed by atoms with E-state index in [9.17, 15) is 4.79 Å². The number of aromatic amines is 1. The fourth-order valence-electron chi connectivity index (χ4n) is 0.780. The SMILES string of the molecule is CC.CC.CC(=O)NCc1cc(C)[nH]n1. The number of nitrogens with zero attached hydrogens (tertiary/aromatic N) is 1. The van der Waals surface area contributed by atoms with Crippen LogP contribution in [-0.2, 0) is 11.3 Å². The van der Waals surface area contributed by atoms with Gasteiger partial charge in [-0.15, -0.1) is 0 Å². The van der Waals surface area contributed by atoms with Gasteiger partial charge in [-0.1, -0.05) is 27.7 Å². The lowest BCUT2D eigenvalue weighted by Gasteiger charge is -1.95. The van der Waals surface area contributed by atoms with Gasteiger partial charge in [-0.25, -0.2) is 0 Å². The predicted octanol–water partition coefficient (Wildman–Crippen LogP) is 2.41. The fraction of sp³-hybridized carbons (Fsp3) is 0.636. The van der Waals surface area contributed by atoms with E-state index in [0.29, 0.717) is 6.54 Å². The Labute approximate surface area is 92.5 Å². The molecule has 0 aliphatic carbocycles. The quantitative estimate of drug-likeness (QED) is 0.792. The molecule has 0 atom stereocenters. The third-order valence-corrected chi connectivity index (χ3v) is 1.28. The number of carbonyl (C=O) groups excluding carboxylic acids is 1. The molecule has 0 aliphatic rings. The number of hydrogen-bond donors (Lipinski definition) is 2. The molecular formula is C11H23N3O. The predicted molar refractivity (Wildman–Crippen MR) is 63.5 cm³/mol. The average molecular weight is 213 g/mol. The molecule has 1 amide bonds. The van der Waals surface area contributed by atoms with Gasteiger partial charge in [0.25, 0.3) is 0 Å². The number of hydrogen-bond acceptors (Lipinski definition) is 2. The molecule has 0 aliphatic heterocycles. The highest BCUT2D eigenvalue weighted by atomic mass is 16.1. The highest BCUT2D eigenvalue weighted by molar-refractivity contribution is 5.72. The molecule has 88 valence electrons. The van der Waals surface area contributed by atoms with E-state index in [-0.39, 0.29) is 5.91 Å². The van der Waals surface area contributed by atoms with E-state index in [0.717, 1.165) is 11.4 Å². The summed E-state index contributed by atoms with van der Waals surface area (Å²) in [5, 5.41) is 9.39. The van der Waals surface area contributed by atoms with Crippen LogP contribution in [0.25, 0.3) is 0 Å². The fourth-order valence-corrected chi connectivity index (χ4v) is 0.780. The van der Waals surface area contributed by atoms with Gasteiger partial charge in [-0.05, 0) is 13.0 Å². The number of aryl methyl sites for hydroxylation is 1. The van der Waals surface area contributed by atoms with Crippen molar-refractivity contribution in [3.05, 3.63) is 17.5 Å². The van der Waals surface area contributed by atoms with Gasteiger partial charge in [0.05, 0.1) is 12.2 Å². The number of H-pyrrole nitrogens is 1. The van der Waals surface area contributed by atoms with Crippen molar-refractivity contribution in [1.29, 1.82) is 0 Å². The van der Waals surface area contributed by atoms with E-state index < -0.39 is 0 Å². The van der Waals surface area contributed by atoms with Gasteiger partial charge in [0, 0.05) is 12.6 Å². The van der Waals surface area contributed by atoms with Crippen LogP contribution in [0.5, 0.6) is 0 Å². The lowest BCUT2D eigenvalue weighted by molar-refractivity contribution is -0.119. The lowest BCUT2D eigenvalue weighted by atomic mass is 10.4. The van der Waals surface area contributed by atoms with Crippen LogP contribution >= 0.6 is 0 Å². The van der Waals surface area contributed by atoms with Crippen LogP contribution in [0.1, 0.15) is 46.0 Å². The zero-order valence-electron chi connectivity index (χ0n) is 10.6. The number of carbonyl (C=O) groups is 1. The Bertz CT molecular complexity index is 256. The maximum absolute atomic E-state index is 10.5. The van der Waals surface area contributed by atoms with Gasteiger partial charge in [0.15, 0.2) is 0 Å². The van der Waals surface area contributed by atoms with Crippen LogP contribution in [0, 0.1) is 6.92 Å². The minimum absolute atomic E-state index is 0.0364. The van der Waals surface area contributed by atoms with E-state index in [4.69, 9.17) is 0 Å². The smallest absolute Gasteiger partial charge is 0.217 e. The summed E-state index contributed by atoms with van der Waals surface area (Å²) in [7, 11) is 0. The van der Waals surface area contributed by atoms with Crippen LogP contribution in [0.4, 0.5) is 0 Å². The normalized spacial score (nSPS) is 7.87. The molecule has 0 saturated carbocycles. The molecule has 4 nitrogen and oxygen atoms in total. The highest BCUT2D eigenvalue weighted by Gasteiger charge is 1.97. The van der Waals surface area contributed by atoms with E-state index >= 15 is 0 Å². The van der Waals surface area contributed by atoms with Crippen molar-refractivity contribution in [2.75, 3.05) is 0 Å². The van der Waals surface area contributed by atoms with Gasteiger partial charge < -0.3 is 5.32 Å². The first-order chi connectivity index (χ1) is 7.18. The Balaban J connectivity index is 0. The topological polar surface area (TPSA) is 57.8 Å². The second-order valence-electron chi connectivity index (χ2n) is 2.45. The molecule has 0 spiro atoms. The summed E-state index contributed by atoms with van der Waals surface area (Å²) in [4.78, 5) is 10.5. The van der Waals surface area contributed by atoms with Crippen molar-refractivity contribution >= 4 is 5.91 Å². The molecule has 1 rings (SSSR count). The molecule has 0 unspecified atom stereocenters. The summed E-state index contributed by atoms with van der Waals surface area (Å²) in [5.74, 6) is -0.0364. The molecule has 15 heavy (non-hydrogen) atoms. The largest absolute Gasteiger partial charge is 0.351 e. The molecule has 0 radical (unpaired) electrons. The Morgan fingerprint density at radius 3 is 2.27 bits per heavy atom. The van der Waals surface area contributed by atoms with E-state index in [1.807, 2.05) is 40.7 Å². The second-order valence-corrected chi connectivity index (χ2v) is 2.45. The van der Waals surface area contributed by atoms with Crippen molar-refractivity contribution in [2.45, 2.75) is 48.1 Å². The van der Waals surface area contributed by atoms with Crippen molar-refractivity contribution in [3.63, 3.8) is 0 Å². The molecule has 0 fully saturated rings. The first-order valence-electron chi connectivity index (χ1n) is 5.44. The molecule has 0 bridgehead atoms. The second kappa shape index (κ2) is 10.8. The summed E-state index contributed by atoms with van der Waals surface area (Å²) < 4.78 is 0. The van der Waals surface area contributed by atoms with Gasteiger partial charge in [-0.3, -0.25) is 9.89 Å². The maximum atomic E-state index is 10.5. The minimum atomic E-state index is -0.0364. The summed E-state index contributed by atoms with van der Waals surface area (Å²) >= 11 is 0. The van der Waals surface area contributed by atoms with Crippen LogP contribution in [0.15, 0.2) is 6.07 Å². The number of amides is 1. The number of aromatic nitrogens is 2. The molecule has 1 aromatic heterocycles. The molecule has 0 saturated heterocycles. The van der Waals surface area contributed by atoms with Crippen LogP contribution in [-0.4, -0.2) is 16.1 Å². The summed E-state index contributed by atoms with van der Waals surface area (Å²) in [6.07, 6.45) is 0. The lowest BCUT2D eigenvalue weighted by Crippen LogP contribution is -2.18. The maximum Gasteiger partial charge on any atom is 0.217 e. The summed E-state index contributed by atoms with van der Waals surface area (Å²) in [5.41, 5.74) is 1.86. The van der Waals surface area contributed by atoms with Gasteiger partial charge in [0.1, 0.15) is 0 Å². The third kappa shape index (κ3) is 9.00. The molecule has 1 aromatic rings. The summed E-state index contributed by atoms with van der Waals surface area (Å²) in [6.45, 7) is 11.9. The molecule has 2 N–H and O–H groups in total. The van der Waals surface area contributed by atoms with Crippen LogP contribution in [0.2, 0.25) is 0 Å².